The van der Waals surface area contributed by atoms with Gasteiger partial charge in [-0.1, -0.05) is 11.6 Å². The van der Waals surface area contributed by atoms with Crippen molar-refractivity contribution in [1.82, 2.24) is 4.90 Å². The molecule has 4 heteroatoms. The topological polar surface area (TPSA) is 12.5 Å². The fourth-order valence-corrected chi connectivity index (χ4v) is 2.46. The highest BCUT2D eigenvalue weighted by molar-refractivity contribution is 7.08. The Balaban J connectivity index is 1.93. The fraction of sp³-hybridized carbons (Fsp3) is 0.556. The number of thiophene rings is 1. The normalized spacial score (nSPS) is 19.2. The van der Waals surface area contributed by atoms with Gasteiger partial charge in [-0.25, -0.2) is 0 Å². The molecule has 13 heavy (non-hydrogen) atoms. The first kappa shape index (κ1) is 9.46. The van der Waals surface area contributed by atoms with Crippen molar-refractivity contribution in [3.8, 4) is 0 Å². The lowest BCUT2D eigenvalue weighted by Gasteiger charge is -2.26. The molecule has 0 amide bonds. The van der Waals surface area contributed by atoms with Gasteiger partial charge >= 0.3 is 0 Å². The van der Waals surface area contributed by atoms with Crippen molar-refractivity contribution in [2.45, 2.75) is 6.54 Å². The molecule has 0 radical (unpaired) electrons. The molecule has 0 spiro atoms. The van der Waals surface area contributed by atoms with Gasteiger partial charge in [0, 0.05) is 25.0 Å². The predicted molar refractivity (Wildman–Crippen MR) is 55.4 cm³/mol. The van der Waals surface area contributed by atoms with Crippen LogP contribution in [0.2, 0.25) is 5.02 Å². The Morgan fingerprint density at radius 3 is 2.77 bits per heavy atom. The standard InChI is InChI=1S/C9H12ClNOS/c10-9-7-13-6-8(9)5-11-1-3-12-4-2-11/h6-7H,1-5H2. The van der Waals surface area contributed by atoms with Crippen molar-refractivity contribution in [1.29, 1.82) is 0 Å². The second-order valence-electron chi connectivity index (χ2n) is 3.13. The van der Waals surface area contributed by atoms with E-state index in [1.807, 2.05) is 5.38 Å². The Morgan fingerprint density at radius 2 is 2.15 bits per heavy atom. The molecular weight excluding hydrogens is 206 g/mol. The third-order valence-corrected chi connectivity index (χ3v) is 3.46. The molecule has 1 aliphatic heterocycles. The van der Waals surface area contributed by atoms with Crippen LogP contribution in [0.5, 0.6) is 0 Å². The van der Waals surface area contributed by atoms with Gasteiger partial charge in [-0.05, 0) is 10.9 Å². The van der Waals surface area contributed by atoms with Crippen LogP contribution in [0.25, 0.3) is 0 Å². The lowest BCUT2D eigenvalue weighted by atomic mass is 10.3. The smallest absolute Gasteiger partial charge is 0.0594 e. The Kier molecular flexibility index (Phi) is 3.22. The Hall–Kier alpha value is -0.0900. The molecule has 0 unspecified atom stereocenters. The average molecular weight is 218 g/mol. The van der Waals surface area contributed by atoms with Gasteiger partial charge in [0.2, 0.25) is 0 Å². The highest BCUT2D eigenvalue weighted by Crippen LogP contribution is 2.22. The van der Waals surface area contributed by atoms with E-state index in [4.69, 9.17) is 16.3 Å². The van der Waals surface area contributed by atoms with Gasteiger partial charge in [-0.15, -0.1) is 0 Å². The second-order valence-corrected chi connectivity index (χ2v) is 4.28. The number of hydrogen-bond donors (Lipinski definition) is 0. The number of ether oxygens (including phenoxy) is 1. The maximum Gasteiger partial charge on any atom is 0.0594 e. The van der Waals surface area contributed by atoms with Gasteiger partial charge < -0.3 is 4.74 Å². The van der Waals surface area contributed by atoms with E-state index in [1.165, 1.54) is 5.56 Å². The number of morpholine rings is 1. The van der Waals surface area contributed by atoms with Gasteiger partial charge in [-0.3, -0.25) is 4.90 Å². The zero-order valence-corrected chi connectivity index (χ0v) is 8.90. The maximum absolute atomic E-state index is 6.01. The molecule has 1 aliphatic rings. The van der Waals surface area contributed by atoms with Crippen LogP contribution >= 0.6 is 22.9 Å². The molecule has 0 aromatic carbocycles. The molecule has 2 nitrogen and oxygen atoms in total. The quantitative estimate of drug-likeness (QED) is 0.754. The zero-order chi connectivity index (χ0) is 9.10. The summed E-state index contributed by atoms with van der Waals surface area (Å²) in [6.07, 6.45) is 0. The minimum absolute atomic E-state index is 0.849. The minimum atomic E-state index is 0.849. The number of hydrogen-bond acceptors (Lipinski definition) is 3. The Morgan fingerprint density at radius 1 is 1.38 bits per heavy atom. The largest absolute Gasteiger partial charge is 0.379 e. The molecule has 2 rings (SSSR count). The lowest BCUT2D eigenvalue weighted by molar-refractivity contribution is 0.0342. The van der Waals surface area contributed by atoms with Gasteiger partial charge in [0.1, 0.15) is 0 Å². The summed E-state index contributed by atoms with van der Waals surface area (Å²) in [4.78, 5) is 2.37. The summed E-state index contributed by atoms with van der Waals surface area (Å²) in [5.74, 6) is 0. The highest BCUT2D eigenvalue weighted by atomic mass is 35.5. The summed E-state index contributed by atoms with van der Waals surface area (Å²) >= 11 is 7.68. The third kappa shape index (κ3) is 2.44. The molecule has 72 valence electrons. The van der Waals surface area contributed by atoms with Crippen molar-refractivity contribution < 1.29 is 4.74 Å². The first-order chi connectivity index (χ1) is 6.36. The Labute approximate surface area is 87.1 Å². The molecule has 1 aromatic rings. The summed E-state index contributed by atoms with van der Waals surface area (Å²) in [5.41, 5.74) is 1.24. The van der Waals surface area contributed by atoms with Crippen LogP contribution in [0, 0.1) is 0 Å². The van der Waals surface area contributed by atoms with E-state index < -0.39 is 0 Å². The molecule has 0 atom stereocenters. The zero-order valence-electron chi connectivity index (χ0n) is 7.33. The number of nitrogens with zero attached hydrogens (tertiary/aromatic N) is 1. The van der Waals surface area contributed by atoms with Crippen LogP contribution in [0.4, 0.5) is 0 Å². The molecule has 1 saturated heterocycles. The summed E-state index contributed by atoms with van der Waals surface area (Å²) in [6, 6.07) is 0. The van der Waals surface area contributed by atoms with E-state index in [0.717, 1.165) is 37.9 Å². The lowest BCUT2D eigenvalue weighted by Crippen LogP contribution is -2.35. The van der Waals surface area contributed by atoms with Crippen LogP contribution in [-0.2, 0) is 11.3 Å². The molecule has 1 fully saturated rings. The summed E-state index contributed by atoms with van der Waals surface area (Å²) in [6.45, 7) is 4.70. The highest BCUT2D eigenvalue weighted by Gasteiger charge is 2.12. The van der Waals surface area contributed by atoms with Crippen LogP contribution in [0.15, 0.2) is 10.8 Å². The molecule has 2 heterocycles. The molecule has 0 saturated carbocycles. The summed E-state index contributed by atoms with van der Waals surface area (Å²) in [5, 5.41) is 5.01. The van der Waals surface area contributed by atoms with Gasteiger partial charge in [-0.2, -0.15) is 11.3 Å². The Bertz CT molecular complexity index is 270. The van der Waals surface area contributed by atoms with E-state index in [1.54, 1.807) is 11.3 Å². The van der Waals surface area contributed by atoms with Gasteiger partial charge in [0.05, 0.1) is 18.2 Å². The van der Waals surface area contributed by atoms with Crippen molar-refractivity contribution in [2.75, 3.05) is 26.3 Å². The van der Waals surface area contributed by atoms with Crippen molar-refractivity contribution >= 4 is 22.9 Å². The van der Waals surface area contributed by atoms with E-state index in [0.29, 0.717) is 0 Å². The van der Waals surface area contributed by atoms with E-state index in [-0.39, 0.29) is 0 Å². The summed E-state index contributed by atoms with van der Waals surface area (Å²) in [7, 11) is 0. The van der Waals surface area contributed by atoms with E-state index in [9.17, 15) is 0 Å². The van der Waals surface area contributed by atoms with E-state index >= 15 is 0 Å². The molecular formula is C9H12ClNOS. The van der Waals surface area contributed by atoms with Crippen LogP contribution < -0.4 is 0 Å². The van der Waals surface area contributed by atoms with Crippen LogP contribution in [-0.4, -0.2) is 31.2 Å². The van der Waals surface area contributed by atoms with Crippen LogP contribution in [0.1, 0.15) is 5.56 Å². The predicted octanol–water partition coefficient (Wildman–Crippen LogP) is 2.23. The number of rotatable bonds is 2. The monoisotopic (exact) mass is 217 g/mol. The first-order valence-electron chi connectivity index (χ1n) is 4.37. The molecule has 1 aromatic heterocycles. The average Bonchev–Trinajstić information content (AvgIpc) is 2.54. The van der Waals surface area contributed by atoms with Gasteiger partial charge in [0.25, 0.3) is 0 Å². The van der Waals surface area contributed by atoms with Crippen molar-refractivity contribution in [3.05, 3.63) is 21.3 Å². The van der Waals surface area contributed by atoms with Crippen LogP contribution in [0.3, 0.4) is 0 Å². The van der Waals surface area contributed by atoms with Crippen molar-refractivity contribution in [3.63, 3.8) is 0 Å². The maximum atomic E-state index is 6.01. The molecule has 0 aliphatic carbocycles. The van der Waals surface area contributed by atoms with E-state index in [2.05, 4.69) is 10.3 Å². The minimum Gasteiger partial charge on any atom is -0.379 e. The molecule has 0 bridgehead atoms. The van der Waals surface area contributed by atoms with Gasteiger partial charge in [0.15, 0.2) is 0 Å². The first-order valence-corrected chi connectivity index (χ1v) is 5.69. The molecule has 0 N–H and O–H groups in total. The SMILES string of the molecule is Clc1cscc1CN1CCOCC1. The third-order valence-electron chi connectivity index (χ3n) is 2.19. The number of halogens is 1. The second kappa shape index (κ2) is 4.42. The fourth-order valence-electron chi connectivity index (χ4n) is 1.42. The summed E-state index contributed by atoms with van der Waals surface area (Å²) < 4.78 is 5.28. The van der Waals surface area contributed by atoms with Crippen molar-refractivity contribution in [2.24, 2.45) is 0 Å².